The van der Waals surface area contributed by atoms with E-state index in [9.17, 15) is 0 Å². The van der Waals surface area contributed by atoms with Gasteiger partial charge in [0.05, 0.1) is 5.69 Å². The van der Waals surface area contributed by atoms with Crippen LogP contribution in [0.4, 0.5) is 17.1 Å². The SMILES string of the molecule is Cc1cc(Nc2cccc(Cl)c2C)c(Br)cc1N. The predicted octanol–water partition coefficient (Wildman–Crippen LogP) is 5.05. The van der Waals surface area contributed by atoms with Crippen molar-refractivity contribution in [3.8, 4) is 0 Å². The quantitative estimate of drug-likeness (QED) is 0.759. The normalized spacial score (nSPS) is 10.4. The fourth-order valence-corrected chi connectivity index (χ4v) is 2.32. The van der Waals surface area contributed by atoms with Gasteiger partial charge in [0.25, 0.3) is 0 Å². The van der Waals surface area contributed by atoms with Gasteiger partial charge < -0.3 is 11.1 Å². The van der Waals surface area contributed by atoms with Gasteiger partial charge in [-0.1, -0.05) is 17.7 Å². The molecule has 0 saturated heterocycles. The van der Waals surface area contributed by atoms with Crippen molar-refractivity contribution in [2.75, 3.05) is 11.1 Å². The number of nitrogens with one attached hydrogen (secondary N) is 1. The zero-order chi connectivity index (χ0) is 13.3. The molecule has 0 aliphatic carbocycles. The van der Waals surface area contributed by atoms with Crippen LogP contribution in [0.2, 0.25) is 5.02 Å². The Bertz CT molecular complexity index is 597. The van der Waals surface area contributed by atoms with Crippen molar-refractivity contribution in [1.82, 2.24) is 0 Å². The molecule has 0 aliphatic heterocycles. The summed E-state index contributed by atoms with van der Waals surface area (Å²) >= 11 is 9.61. The molecule has 0 heterocycles. The molecular weight excluding hydrogens is 312 g/mol. The Labute approximate surface area is 120 Å². The number of nitrogen functional groups attached to an aromatic ring is 1. The van der Waals surface area contributed by atoms with Gasteiger partial charge >= 0.3 is 0 Å². The number of anilines is 3. The average molecular weight is 326 g/mol. The standard InChI is InChI=1S/C14H14BrClN2/c1-8-6-14(10(15)7-12(8)17)18-13-5-3-4-11(16)9(13)2/h3-7,18H,17H2,1-2H3. The van der Waals surface area contributed by atoms with Gasteiger partial charge in [0.1, 0.15) is 0 Å². The highest BCUT2D eigenvalue weighted by molar-refractivity contribution is 9.10. The number of hydrogen-bond donors (Lipinski definition) is 2. The van der Waals surface area contributed by atoms with Crippen molar-refractivity contribution in [2.24, 2.45) is 0 Å². The molecule has 3 N–H and O–H groups in total. The Morgan fingerprint density at radius 2 is 1.89 bits per heavy atom. The number of nitrogens with two attached hydrogens (primary N) is 1. The van der Waals surface area contributed by atoms with Crippen LogP contribution in [0.25, 0.3) is 0 Å². The molecule has 0 spiro atoms. The summed E-state index contributed by atoms with van der Waals surface area (Å²) in [6.07, 6.45) is 0. The number of rotatable bonds is 2. The zero-order valence-electron chi connectivity index (χ0n) is 10.2. The summed E-state index contributed by atoms with van der Waals surface area (Å²) < 4.78 is 0.935. The minimum atomic E-state index is 0.753. The summed E-state index contributed by atoms with van der Waals surface area (Å²) in [5, 5.41) is 4.12. The molecule has 94 valence electrons. The molecular formula is C14H14BrClN2. The third-order valence-electron chi connectivity index (χ3n) is 2.89. The summed E-state index contributed by atoms with van der Waals surface area (Å²) in [7, 11) is 0. The Hall–Kier alpha value is -1.19. The number of halogens is 2. The zero-order valence-corrected chi connectivity index (χ0v) is 12.6. The van der Waals surface area contributed by atoms with Crippen LogP contribution in [0.15, 0.2) is 34.8 Å². The molecule has 0 unspecified atom stereocenters. The van der Waals surface area contributed by atoms with Gasteiger partial charge in [0, 0.05) is 20.9 Å². The van der Waals surface area contributed by atoms with E-state index in [1.54, 1.807) is 0 Å². The van der Waals surface area contributed by atoms with Crippen molar-refractivity contribution < 1.29 is 0 Å². The van der Waals surface area contributed by atoms with Crippen LogP contribution >= 0.6 is 27.5 Å². The first-order valence-corrected chi connectivity index (χ1v) is 6.74. The maximum atomic E-state index is 6.10. The molecule has 0 amide bonds. The fourth-order valence-electron chi connectivity index (χ4n) is 1.68. The maximum Gasteiger partial charge on any atom is 0.0532 e. The average Bonchev–Trinajstić information content (AvgIpc) is 2.32. The summed E-state index contributed by atoms with van der Waals surface area (Å²) in [4.78, 5) is 0. The minimum Gasteiger partial charge on any atom is -0.398 e. The molecule has 2 rings (SSSR count). The van der Waals surface area contributed by atoms with E-state index in [1.165, 1.54) is 0 Å². The molecule has 0 bridgehead atoms. The van der Waals surface area contributed by atoms with Crippen molar-refractivity contribution in [3.63, 3.8) is 0 Å². The van der Waals surface area contributed by atoms with E-state index in [0.717, 1.165) is 37.7 Å². The lowest BCUT2D eigenvalue weighted by atomic mass is 10.1. The summed E-state index contributed by atoms with van der Waals surface area (Å²) in [5.41, 5.74) is 10.7. The Morgan fingerprint density at radius 3 is 2.61 bits per heavy atom. The first kappa shape index (κ1) is 13.2. The number of benzene rings is 2. The lowest BCUT2D eigenvalue weighted by Gasteiger charge is -2.13. The maximum absolute atomic E-state index is 6.10. The van der Waals surface area contributed by atoms with Crippen LogP contribution in [0.3, 0.4) is 0 Å². The van der Waals surface area contributed by atoms with Crippen LogP contribution < -0.4 is 11.1 Å². The molecule has 4 heteroatoms. The molecule has 0 radical (unpaired) electrons. The van der Waals surface area contributed by atoms with Gasteiger partial charge in [0.15, 0.2) is 0 Å². The second-order valence-electron chi connectivity index (χ2n) is 4.23. The van der Waals surface area contributed by atoms with E-state index in [0.29, 0.717) is 0 Å². The summed E-state index contributed by atoms with van der Waals surface area (Å²) in [6, 6.07) is 9.72. The molecule has 0 aromatic heterocycles. The second-order valence-corrected chi connectivity index (χ2v) is 5.49. The first-order chi connectivity index (χ1) is 8.49. The lowest BCUT2D eigenvalue weighted by Crippen LogP contribution is -1.97. The summed E-state index contributed by atoms with van der Waals surface area (Å²) in [6.45, 7) is 3.97. The number of aryl methyl sites for hydroxylation is 1. The van der Waals surface area contributed by atoms with E-state index >= 15 is 0 Å². The molecule has 2 aromatic rings. The fraction of sp³-hybridized carbons (Fsp3) is 0.143. The van der Waals surface area contributed by atoms with Crippen molar-refractivity contribution in [1.29, 1.82) is 0 Å². The lowest BCUT2D eigenvalue weighted by molar-refractivity contribution is 1.40. The van der Waals surface area contributed by atoms with Crippen LogP contribution in [0, 0.1) is 13.8 Å². The van der Waals surface area contributed by atoms with Crippen LogP contribution in [0.1, 0.15) is 11.1 Å². The van der Waals surface area contributed by atoms with Crippen molar-refractivity contribution in [2.45, 2.75) is 13.8 Å². The molecule has 2 nitrogen and oxygen atoms in total. The van der Waals surface area contributed by atoms with Gasteiger partial charge in [-0.15, -0.1) is 0 Å². The van der Waals surface area contributed by atoms with E-state index in [1.807, 2.05) is 44.2 Å². The monoisotopic (exact) mass is 324 g/mol. The minimum absolute atomic E-state index is 0.753. The Balaban J connectivity index is 2.40. The molecule has 0 atom stereocenters. The highest BCUT2D eigenvalue weighted by atomic mass is 79.9. The van der Waals surface area contributed by atoms with Gasteiger partial charge in [-0.2, -0.15) is 0 Å². The molecule has 0 saturated carbocycles. The van der Waals surface area contributed by atoms with Crippen LogP contribution in [-0.2, 0) is 0 Å². The van der Waals surface area contributed by atoms with Crippen LogP contribution in [-0.4, -0.2) is 0 Å². The molecule has 18 heavy (non-hydrogen) atoms. The molecule has 0 aliphatic rings. The van der Waals surface area contributed by atoms with Crippen molar-refractivity contribution in [3.05, 3.63) is 51.0 Å². The molecule has 2 aromatic carbocycles. The molecule has 0 fully saturated rings. The highest BCUT2D eigenvalue weighted by Gasteiger charge is 2.07. The highest BCUT2D eigenvalue weighted by Crippen LogP contribution is 2.32. The summed E-state index contributed by atoms with van der Waals surface area (Å²) in [5.74, 6) is 0. The predicted molar refractivity (Wildman–Crippen MR) is 82.8 cm³/mol. The Kier molecular flexibility index (Phi) is 3.83. The Morgan fingerprint density at radius 1 is 1.17 bits per heavy atom. The first-order valence-electron chi connectivity index (χ1n) is 5.57. The van der Waals surface area contributed by atoms with E-state index in [4.69, 9.17) is 17.3 Å². The van der Waals surface area contributed by atoms with Crippen LogP contribution in [0.5, 0.6) is 0 Å². The van der Waals surface area contributed by atoms with Gasteiger partial charge in [-0.3, -0.25) is 0 Å². The number of hydrogen-bond acceptors (Lipinski definition) is 2. The topological polar surface area (TPSA) is 38.0 Å². The van der Waals surface area contributed by atoms with Crippen molar-refractivity contribution >= 4 is 44.6 Å². The van der Waals surface area contributed by atoms with E-state index < -0.39 is 0 Å². The van der Waals surface area contributed by atoms with E-state index in [2.05, 4.69) is 21.2 Å². The smallest absolute Gasteiger partial charge is 0.0532 e. The van der Waals surface area contributed by atoms with Gasteiger partial charge in [-0.05, 0) is 65.2 Å². The largest absolute Gasteiger partial charge is 0.398 e. The second kappa shape index (κ2) is 5.21. The third kappa shape index (κ3) is 2.62. The van der Waals surface area contributed by atoms with Gasteiger partial charge in [0.2, 0.25) is 0 Å². The van der Waals surface area contributed by atoms with Gasteiger partial charge in [-0.25, -0.2) is 0 Å². The van der Waals surface area contributed by atoms with E-state index in [-0.39, 0.29) is 0 Å². The third-order valence-corrected chi connectivity index (χ3v) is 3.96.